The smallest absolute Gasteiger partial charge is 0.00235 e. The van der Waals surface area contributed by atoms with Crippen LogP contribution in [0.25, 0.3) is 0 Å². The Balaban J connectivity index is 2.00. The zero-order chi connectivity index (χ0) is 9.60. The molecule has 0 radical (unpaired) electrons. The molecule has 74 valence electrons. The highest BCUT2D eigenvalue weighted by Crippen LogP contribution is 2.39. The Bertz CT molecular complexity index is 363. The summed E-state index contributed by atoms with van der Waals surface area (Å²) in [6.07, 6.45) is 3.98. The van der Waals surface area contributed by atoms with Gasteiger partial charge in [0.15, 0.2) is 0 Å². The summed E-state index contributed by atoms with van der Waals surface area (Å²) in [6, 6.07) is 6.76. The predicted octanol–water partition coefficient (Wildman–Crippen LogP) is 2.07. The Hall–Kier alpha value is -0.820. The van der Waals surface area contributed by atoms with Gasteiger partial charge in [0.2, 0.25) is 0 Å². The van der Waals surface area contributed by atoms with Gasteiger partial charge in [-0.15, -0.1) is 0 Å². The molecular formula is C13H17N. The van der Waals surface area contributed by atoms with E-state index in [0.717, 1.165) is 0 Å². The molecule has 0 aromatic heterocycles. The van der Waals surface area contributed by atoms with E-state index >= 15 is 0 Å². The summed E-state index contributed by atoms with van der Waals surface area (Å²) in [4.78, 5) is 0. The Kier molecular flexibility index (Phi) is 1.72. The fraction of sp³-hybridized carbons (Fsp3) is 0.538. The van der Waals surface area contributed by atoms with Crippen molar-refractivity contribution in [2.24, 2.45) is 5.41 Å². The SMILES string of the molecule is Cc1cccc2c1CC1(CC2)CNC1. The average Bonchev–Trinajstić information content (AvgIpc) is 2.16. The number of aryl methyl sites for hydroxylation is 2. The van der Waals surface area contributed by atoms with E-state index in [9.17, 15) is 0 Å². The van der Waals surface area contributed by atoms with E-state index < -0.39 is 0 Å². The van der Waals surface area contributed by atoms with Crippen LogP contribution >= 0.6 is 0 Å². The molecule has 1 aliphatic heterocycles. The first kappa shape index (κ1) is 8.49. The lowest BCUT2D eigenvalue weighted by Gasteiger charge is -2.46. The summed E-state index contributed by atoms with van der Waals surface area (Å²) in [6.45, 7) is 4.73. The second-order valence-corrected chi connectivity index (χ2v) is 4.99. The van der Waals surface area contributed by atoms with Crippen LogP contribution in [0.4, 0.5) is 0 Å². The molecule has 0 atom stereocenters. The lowest BCUT2D eigenvalue weighted by atomic mass is 9.67. The van der Waals surface area contributed by atoms with Crippen LogP contribution in [0.1, 0.15) is 23.1 Å². The van der Waals surface area contributed by atoms with Gasteiger partial charge in [-0.3, -0.25) is 0 Å². The molecule has 1 nitrogen and oxygen atoms in total. The topological polar surface area (TPSA) is 12.0 Å². The molecule has 1 heteroatoms. The first-order valence-electron chi connectivity index (χ1n) is 5.57. The maximum absolute atomic E-state index is 3.42. The van der Waals surface area contributed by atoms with Crippen molar-refractivity contribution in [2.75, 3.05) is 13.1 Å². The van der Waals surface area contributed by atoms with E-state index in [-0.39, 0.29) is 0 Å². The van der Waals surface area contributed by atoms with Gasteiger partial charge < -0.3 is 5.32 Å². The standard InChI is InChI=1S/C13H17N/c1-10-3-2-4-11-5-6-13(7-12(10)11)8-14-9-13/h2-4,14H,5-9H2,1H3. The molecule has 0 amide bonds. The summed E-state index contributed by atoms with van der Waals surface area (Å²) >= 11 is 0. The molecule has 1 aliphatic carbocycles. The first-order valence-corrected chi connectivity index (χ1v) is 5.57. The summed E-state index contributed by atoms with van der Waals surface area (Å²) < 4.78 is 0. The van der Waals surface area contributed by atoms with Gasteiger partial charge in [0, 0.05) is 13.1 Å². The third-order valence-electron chi connectivity index (χ3n) is 3.98. The Labute approximate surface area is 85.5 Å². The molecule has 1 saturated heterocycles. The lowest BCUT2D eigenvalue weighted by Crippen LogP contribution is -2.56. The molecule has 0 bridgehead atoms. The van der Waals surface area contributed by atoms with E-state index in [1.165, 1.54) is 37.9 Å². The molecule has 1 heterocycles. The van der Waals surface area contributed by atoms with Crippen LogP contribution in [-0.4, -0.2) is 13.1 Å². The van der Waals surface area contributed by atoms with Gasteiger partial charge in [0.1, 0.15) is 0 Å². The van der Waals surface area contributed by atoms with Crippen molar-refractivity contribution in [1.82, 2.24) is 5.32 Å². The molecular weight excluding hydrogens is 170 g/mol. The van der Waals surface area contributed by atoms with Crippen molar-refractivity contribution in [3.8, 4) is 0 Å². The van der Waals surface area contributed by atoms with Gasteiger partial charge in [-0.1, -0.05) is 18.2 Å². The minimum absolute atomic E-state index is 0.624. The van der Waals surface area contributed by atoms with Crippen molar-refractivity contribution in [2.45, 2.75) is 26.2 Å². The molecule has 0 unspecified atom stereocenters. The molecule has 3 rings (SSSR count). The lowest BCUT2D eigenvalue weighted by molar-refractivity contribution is 0.143. The van der Waals surface area contributed by atoms with Crippen molar-refractivity contribution in [3.05, 3.63) is 34.9 Å². The molecule has 1 aromatic rings. The number of rotatable bonds is 0. The summed E-state index contributed by atoms with van der Waals surface area (Å²) in [7, 11) is 0. The number of hydrogen-bond donors (Lipinski definition) is 1. The maximum Gasteiger partial charge on any atom is 0.00235 e. The van der Waals surface area contributed by atoms with Gasteiger partial charge in [0.05, 0.1) is 0 Å². The van der Waals surface area contributed by atoms with Crippen molar-refractivity contribution in [3.63, 3.8) is 0 Å². The van der Waals surface area contributed by atoms with E-state index in [0.29, 0.717) is 5.41 Å². The highest BCUT2D eigenvalue weighted by Gasteiger charge is 2.39. The molecule has 1 N–H and O–H groups in total. The van der Waals surface area contributed by atoms with Crippen LogP contribution in [0.15, 0.2) is 18.2 Å². The monoisotopic (exact) mass is 187 g/mol. The molecule has 1 fully saturated rings. The molecule has 2 aliphatic rings. The van der Waals surface area contributed by atoms with Crippen molar-refractivity contribution in [1.29, 1.82) is 0 Å². The minimum atomic E-state index is 0.624. The Morgan fingerprint density at radius 3 is 2.86 bits per heavy atom. The Morgan fingerprint density at radius 2 is 2.14 bits per heavy atom. The van der Waals surface area contributed by atoms with E-state index in [2.05, 4.69) is 30.4 Å². The van der Waals surface area contributed by atoms with Crippen molar-refractivity contribution >= 4 is 0 Å². The maximum atomic E-state index is 3.42. The highest BCUT2D eigenvalue weighted by molar-refractivity contribution is 5.38. The van der Waals surface area contributed by atoms with Gasteiger partial charge in [-0.2, -0.15) is 0 Å². The van der Waals surface area contributed by atoms with Crippen LogP contribution in [0, 0.1) is 12.3 Å². The summed E-state index contributed by atoms with van der Waals surface area (Å²) in [5.74, 6) is 0. The Morgan fingerprint density at radius 1 is 1.29 bits per heavy atom. The average molecular weight is 187 g/mol. The predicted molar refractivity (Wildman–Crippen MR) is 58.5 cm³/mol. The van der Waals surface area contributed by atoms with Gasteiger partial charge >= 0.3 is 0 Å². The summed E-state index contributed by atoms with van der Waals surface area (Å²) in [5.41, 5.74) is 5.36. The van der Waals surface area contributed by atoms with E-state index in [1.54, 1.807) is 11.1 Å². The number of nitrogens with one attached hydrogen (secondary N) is 1. The van der Waals surface area contributed by atoms with Crippen LogP contribution in [0.5, 0.6) is 0 Å². The van der Waals surface area contributed by atoms with Gasteiger partial charge in [-0.05, 0) is 48.3 Å². The van der Waals surface area contributed by atoms with Crippen LogP contribution in [0.3, 0.4) is 0 Å². The molecule has 1 aromatic carbocycles. The van der Waals surface area contributed by atoms with Crippen LogP contribution in [-0.2, 0) is 12.8 Å². The van der Waals surface area contributed by atoms with Crippen molar-refractivity contribution < 1.29 is 0 Å². The van der Waals surface area contributed by atoms with Gasteiger partial charge in [0.25, 0.3) is 0 Å². The third kappa shape index (κ3) is 1.12. The minimum Gasteiger partial charge on any atom is -0.316 e. The fourth-order valence-electron chi connectivity index (χ4n) is 2.89. The molecule has 0 saturated carbocycles. The third-order valence-corrected chi connectivity index (χ3v) is 3.98. The van der Waals surface area contributed by atoms with E-state index in [4.69, 9.17) is 0 Å². The number of fused-ring (bicyclic) bond motifs is 1. The molecule has 1 spiro atoms. The summed E-state index contributed by atoms with van der Waals surface area (Å²) in [5, 5.41) is 3.42. The second-order valence-electron chi connectivity index (χ2n) is 4.99. The normalized spacial score (nSPS) is 22.9. The number of hydrogen-bond acceptors (Lipinski definition) is 1. The zero-order valence-electron chi connectivity index (χ0n) is 8.77. The van der Waals surface area contributed by atoms with Gasteiger partial charge in [-0.25, -0.2) is 0 Å². The van der Waals surface area contributed by atoms with Crippen LogP contribution in [0.2, 0.25) is 0 Å². The highest BCUT2D eigenvalue weighted by atomic mass is 15.0. The first-order chi connectivity index (χ1) is 6.79. The quantitative estimate of drug-likeness (QED) is 0.655. The molecule has 14 heavy (non-hydrogen) atoms. The zero-order valence-corrected chi connectivity index (χ0v) is 8.77. The fourth-order valence-corrected chi connectivity index (χ4v) is 2.89. The van der Waals surface area contributed by atoms with E-state index in [1.807, 2.05) is 0 Å². The number of benzene rings is 1. The second kappa shape index (κ2) is 2.83. The van der Waals surface area contributed by atoms with Crippen LogP contribution < -0.4 is 5.32 Å². The largest absolute Gasteiger partial charge is 0.316 e.